The first kappa shape index (κ1) is 26.6. The molecule has 0 amide bonds. The highest BCUT2D eigenvalue weighted by Gasteiger charge is 2.14. The van der Waals surface area contributed by atoms with Crippen molar-refractivity contribution in [3.63, 3.8) is 0 Å². The predicted octanol–water partition coefficient (Wildman–Crippen LogP) is -0.128. The lowest BCUT2D eigenvalue weighted by atomic mass is 10.3. The van der Waals surface area contributed by atoms with E-state index in [1.807, 2.05) is 0 Å². The molecule has 10 heteroatoms. The molecule has 2 atom stereocenters. The largest absolute Gasteiger partial charge is 0.391 e. The minimum Gasteiger partial charge on any atom is -0.391 e. The van der Waals surface area contributed by atoms with Gasteiger partial charge in [0.15, 0.2) is 0 Å². The standard InChI is InChI=1S/C20H40N2O6S2/c23-19-15-21-1-5-25-9-10-27-7-3-22(4-8-28-12-11-26-6-2-21)16-20(24)18-30-14-13-29-17-19/h19-20,23-24H,1-18H2. The van der Waals surface area contributed by atoms with E-state index in [2.05, 4.69) is 9.80 Å². The summed E-state index contributed by atoms with van der Waals surface area (Å²) in [6.07, 6.45) is -0.746. The third-order valence-corrected chi connectivity index (χ3v) is 7.37. The van der Waals surface area contributed by atoms with Crippen LogP contribution in [0, 0.1) is 0 Å². The number of ether oxygens (including phenoxy) is 4. The van der Waals surface area contributed by atoms with E-state index >= 15 is 0 Å². The molecule has 2 bridgehead atoms. The Bertz CT molecular complexity index is 357. The molecule has 3 rings (SSSR count). The van der Waals surface area contributed by atoms with Gasteiger partial charge in [0, 0.05) is 62.3 Å². The van der Waals surface area contributed by atoms with Crippen LogP contribution < -0.4 is 0 Å². The summed E-state index contributed by atoms with van der Waals surface area (Å²) in [6, 6.07) is 0. The van der Waals surface area contributed by atoms with Crippen LogP contribution in [0.15, 0.2) is 0 Å². The first-order valence-electron chi connectivity index (χ1n) is 11.0. The molecular weight excluding hydrogens is 428 g/mol. The Morgan fingerprint density at radius 3 is 1.20 bits per heavy atom. The number of rotatable bonds is 0. The third kappa shape index (κ3) is 13.7. The Kier molecular flexibility index (Phi) is 15.9. The van der Waals surface area contributed by atoms with Crippen LogP contribution in [0.25, 0.3) is 0 Å². The van der Waals surface area contributed by atoms with Gasteiger partial charge in [-0.1, -0.05) is 0 Å². The fourth-order valence-corrected chi connectivity index (χ4v) is 5.30. The summed E-state index contributed by atoms with van der Waals surface area (Å²) in [5.74, 6) is 3.39. The number of aliphatic hydroxyl groups excluding tert-OH is 2. The van der Waals surface area contributed by atoms with Crippen LogP contribution in [0.1, 0.15) is 0 Å². The predicted molar refractivity (Wildman–Crippen MR) is 123 cm³/mol. The van der Waals surface area contributed by atoms with E-state index in [0.717, 1.165) is 49.2 Å². The molecule has 0 spiro atoms. The maximum atomic E-state index is 10.4. The van der Waals surface area contributed by atoms with Crippen molar-refractivity contribution in [3.8, 4) is 0 Å². The maximum absolute atomic E-state index is 10.4. The Morgan fingerprint density at radius 1 is 0.533 bits per heavy atom. The summed E-state index contributed by atoms with van der Waals surface area (Å²) in [5.41, 5.74) is 0. The normalized spacial score (nSPS) is 33.8. The molecule has 0 saturated carbocycles. The number of thioether (sulfide) groups is 2. The number of aliphatic hydroxyl groups is 2. The summed E-state index contributed by atoms with van der Waals surface area (Å²) >= 11 is 3.55. The Labute approximate surface area is 189 Å². The molecule has 8 nitrogen and oxygen atoms in total. The zero-order valence-corrected chi connectivity index (χ0v) is 19.8. The molecule has 3 fully saturated rings. The van der Waals surface area contributed by atoms with Gasteiger partial charge in [-0.05, 0) is 0 Å². The average molecular weight is 469 g/mol. The molecule has 30 heavy (non-hydrogen) atoms. The van der Waals surface area contributed by atoms with Crippen molar-refractivity contribution in [1.29, 1.82) is 0 Å². The van der Waals surface area contributed by atoms with Gasteiger partial charge in [0.05, 0.1) is 65.1 Å². The van der Waals surface area contributed by atoms with Crippen molar-refractivity contribution in [2.24, 2.45) is 0 Å². The summed E-state index contributed by atoms with van der Waals surface area (Å²) in [7, 11) is 0. The van der Waals surface area contributed by atoms with Crippen molar-refractivity contribution in [2.75, 3.05) is 115 Å². The van der Waals surface area contributed by atoms with Gasteiger partial charge in [-0.2, -0.15) is 23.5 Å². The van der Waals surface area contributed by atoms with Crippen molar-refractivity contribution in [3.05, 3.63) is 0 Å². The molecule has 0 aromatic rings. The molecule has 0 aromatic heterocycles. The molecule has 3 heterocycles. The lowest BCUT2D eigenvalue weighted by Crippen LogP contribution is -2.39. The van der Waals surface area contributed by atoms with E-state index in [-0.39, 0.29) is 12.2 Å². The molecule has 2 N–H and O–H groups in total. The third-order valence-electron chi connectivity index (χ3n) is 4.88. The van der Waals surface area contributed by atoms with E-state index in [4.69, 9.17) is 18.9 Å². The number of nitrogens with zero attached hydrogens (tertiary/aromatic N) is 2. The SMILES string of the molecule is OC1CSCCSCC(O)CN2CCOCCOCCN(CCOCCOCC2)C1. The second-order valence-electron chi connectivity index (χ2n) is 7.51. The minimum absolute atomic E-state index is 0.373. The molecule has 3 saturated heterocycles. The molecule has 3 aliphatic heterocycles. The number of hydrogen-bond donors (Lipinski definition) is 2. The fraction of sp³-hybridized carbons (Fsp3) is 1.00. The van der Waals surface area contributed by atoms with E-state index in [0.29, 0.717) is 65.9 Å². The molecule has 0 aromatic carbocycles. The van der Waals surface area contributed by atoms with Crippen LogP contribution in [0.3, 0.4) is 0 Å². The van der Waals surface area contributed by atoms with Gasteiger partial charge >= 0.3 is 0 Å². The van der Waals surface area contributed by atoms with Crippen molar-refractivity contribution in [2.45, 2.75) is 12.2 Å². The van der Waals surface area contributed by atoms with E-state index < -0.39 is 0 Å². The highest BCUT2D eigenvalue weighted by molar-refractivity contribution is 8.02. The zero-order chi connectivity index (χ0) is 21.3. The maximum Gasteiger partial charge on any atom is 0.0757 e. The van der Waals surface area contributed by atoms with Gasteiger partial charge in [-0.25, -0.2) is 0 Å². The summed E-state index contributed by atoms with van der Waals surface area (Å²) in [5, 5.41) is 20.8. The smallest absolute Gasteiger partial charge is 0.0757 e. The Morgan fingerprint density at radius 2 is 0.867 bits per heavy atom. The minimum atomic E-state index is -0.373. The van der Waals surface area contributed by atoms with Gasteiger partial charge in [0.25, 0.3) is 0 Å². The first-order chi connectivity index (χ1) is 14.7. The van der Waals surface area contributed by atoms with Gasteiger partial charge < -0.3 is 29.2 Å². The number of fused-ring (bicyclic) bond motifs is 23. The molecule has 0 aliphatic carbocycles. The van der Waals surface area contributed by atoms with Crippen LogP contribution in [-0.4, -0.2) is 147 Å². The van der Waals surface area contributed by atoms with Crippen LogP contribution in [0.2, 0.25) is 0 Å². The van der Waals surface area contributed by atoms with Crippen LogP contribution >= 0.6 is 23.5 Å². The van der Waals surface area contributed by atoms with Crippen LogP contribution in [-0.2, 0) is 18.9 Å². The molecule has 0 radical (unpaired) electrons. The molecule has 178 valence electrons. The topological polar surface area (TPSA) is 83.9 Å². The second kappa shape index (κ2) is 17.9. The average Bonchev–Trinajstić information content (AvgIpc) is 2.72. The summed E-state index contributed by atoms with van der Waals surface area (Å²) < 4.78 is 22.9. The van der Waals surface area contributed by atoms with Crippen LogP contribution in [0.5, 0.6) is 0 Å². The second-order valence-corrected chi connectivity index (χ2v) is 9.81. The first-order valence-corrected chi connectivity index (χ1v) is 13.3. The zero-order valence-electron chi connectivity index (χ0n) is 18.1. The van der Waals surface area contributed by atoms with Gasteiger partial charge in [-0.15, -0.1) is 0 Å². The molecule has 2 unspecified atom stereocenters. The fourth-order valence-electron chi connectivity index (χ4n) is 3.27. The van der Waals surface area contributed by atoms with E-state index in [9.17, 15) is 10.2 Å². The van der Waals surface area contributed by atoms with Gasteiger partial charge in [-0.3, -0.25) is 9.80 Å². The van der Waals surface area contributed by atoms with E-state index in [1.54, 1.807) is 23.5 Å². The Hall–Kier alpha value is 0.380. The Balaban J connectivity index is 1.95. The highest BCUT2D eigenvalue weighted by Crippen LogP contribution is 2.11. The van der Waals surface area contributed by atoms with Gasteiger partial charge in [0.1, 0.15) is 0 Å². The number of hydrogen-bond acceptors (Lipinski definition) is 10. The van der Waals surface area contributed by atoms with Crippen LogP contribution in [0.4, 0.5) is 0 Å². The van der Waals surface area contributed by atoms with Crippen molar-refractivity contribution in [1.82, 2.24) is 9.80 Å². The quantitative estimate of drug-likeness (QED) is 0.502. The van der Waals surface area contributed by atoms with Gasteiger partial charge in [0.2, 0.25) is 0 Å². The van der Waals surface area contributed by atoms with Crippen molar-refractivity contribution < 1.29 is 29.2 Å². The highest BCUT2D eigenvalue weighted by atomic mass is 32.2. The summed E-state index contributed by atoms with van der Waals surface area (Å²) in [6.45, 7) is 9.00. The van der Waals surface area contributed by atoms with Crippen molar-refractivity contribution >= 4 is 23.5 Å². The summed E-state index contributed by atoms with van der Waals surface area (Å²) in [4.78, 5) is 4.41. The molecule has 3 aliphatic rings. The van der Waals surface area contributed by atoms with E-state index in [1.165, 1.54) is 0 Å². The lowest BCUT2D eigenvalue weighted by molar-refractivity contribution is -0.000418. The molecular formula is C20H40N2O6S2. The lowest BCUT2D eigenvalue weighted by Gasteiger charge is -2.26. The monoisotopic (exact) mass is 468 g/mol.